The molecule has 1 aromatic rings. The summed E-state index contributed by atoms with van der Waals surface area (Å²) in [7, 11) is 0. The Morgan fingerprint density at radius 2 is 2.19 bits per heavy atom. The summed E-state index contributed by atoms with van der Waals surface area (Å²) in [4.78, 5) is 23.2. The smallest absolute Gasteiger partial charge is 0.337 e. The van der Waals surface area contributed by atoms with Crippen molar-refractivity contribution in [2.24, 2.45) is 0 Å². The van der Waals surface area contributed by atoms with Crippen LogP contribution in [0.4, 0.5) is 5.69 Å². The molecule has 0 bridgehead atoms. The van der Waals surface area contributed by atoms with Crippen molar-refractivity contribution >= 4 is 17.6 Å². The van der Waals surface area contributed by atoms with Gasteiger partial charge in [-0.25, -0.2) is 4.79 Å². The number of carbonyl (C=O) groups excluding carboxylic acids is 1. The van der Waals surface area contributed by atoms with Gasteiger partial charge in [0.05, 0.1) is 17.4 Å². The number of aryl methyl sites for hydroxylation is 1. The standard InChI is InChI=1S/C16H21NO4/c1-11-5-4-7-13(16(19)20)15(11)17-14(18)9-8-12-6-2-3-10-21-12/h4-5,7,12H,2-3,6,8-10H2,1H3,(H,17,18)(H,19,20). The highest BCUT2D eigenvalue weighted by atomic mass is 16.5. The number of hydrogen-bond acceptors (Lipinski definition) is 3. The van der Waals surface area contributed by atoms with Crippen LogP contribution in [0.5, 0.6) is 0 Å². The molecule has 1 unspecified atom stereocenters. The first-order chi connectivity index (χ1) is 10.1. The van der Waals surface area contributed by atoms with Gasteiger partial charge in [-0.05, 0) is 44.2 Å². The summed E-state index contributed by atoms with van der Waals surface area (Å²) >= 11 is 0. The van der Waals surface area contributed by atoms with Crippen molar-refractivity contribution in [1.29, 1.82) is 0 Å². The number of carboxylic acids is 1. The van der Waals surface area contributed by atoms with Crippen molar-refractivity contribution in [3.8, 4) is 0 Å². The SMILES string of the molecule is Cc1cccc(C(=O)O)c1NC(=O)CCC1CCCCO1. The molecule has 0 spiro atoms. The fourth-order valence-electron chi connectivity index (χ4n) is 2.54. The molecule has 5 heteroatoms. The monoisotopic (exact) mass is 291 g/mol. The molecule has 1 aliphatic heterocycles. The number of rotatable bonds is 5. The van der Waals surface area contributed by atoms with Gasteiger partial charge in [-0.15, -0.1) is 0 Å². The van der Waals surface area contributed by atoms with Crippen LogP contribution >= 0.6 is 0 Å². The topological polar surface area (TPSA) is 75.6 Å². The van der Waals surface area contributed by atoms with Gasteiger partial charge < -0.3 is 15.2 Å². The van der Waals surface area contributed by atoms with Crippen LogP contribution in [0.1, 0.15) is 48.0 Å². The number of carbonyl (C=O) groups is 2. The molecular weight excluding hydrogens is 270 g/mol. The van der Waals surface area contributed by atoms with Crippen LogP contribution in [-0.2, 0) is 9.53 Å². The van der Waals surface area contributed by atoms with E-state index in [1.165, 1.54) is 6.07 Å². The van der Waals surface area contributed by atoms with Gasteiger partial charge in [-0.2, -0.15) is 0 Å². The first-order valence-electron chi connectivity index (χ1n) is 7.32. The van der Waals surface area contributed by atoms with E-state index in [0.717, 1.165) is 31.4 Å². The van der Waals surface area contributed by atoms with Gasteiger partial charge in [0.15, 0.2) is 0 Å². The molecule has 1 heterocycles. The summed E-state index contributed by atoms with van der Waals surface area (Å²) in [5, 5.41) is 11.9. The number of hydrogen-bond donors (Lipinski definition) is 2. The molecule has 114 valence electrons. The summed E-state index contributed by atoms with van der Waals surface area (Å²) in [6, 6.07) is 4.95. The van der Waals surface area contributed by atoms with Crippen LogP contribution < -0.4 is 5.32 Å². The summed E-state index contributed by atoms with van der Waals surface area (Å²) in [6.07, 6.45) is 4.41. The zero-order valence-electron chi connectivity index (χ0n) is 12.2. The molecule has 1 fully saturated rings. The van der Waals surface area contributed by atoms with Crippen LogP contribution in [0.2, 0.25) is 0 Å². The molecule has 0 radical (unpaired) electrons. The second-order valence-corrected chi connectivity index (χ2v) is 5.38. The van der Waals surface area contributed by atoms with Gasteiger partial charge in [-0.3, -0.25) is 4.79 Å². The molecule has 2 N–H and O–H groups in total. The van der Waals surface area contributed by atoms with Crippen LogP contribution in [0.15, 0.2) is 18.2 Å². The van der Waals surface area contributed by atoms with Gasteiger partial charge in [0.25, 0.3) is 0 Å². The Morgan fingerprint density at radius 1 is 1.38 bits per heavy atom. The summed E-state index contributed by atoms with van der Waals surface area (Å²) in [6.45, 7) is 2.56. The van der Waals surface area contributed by atoms with Gasteiger partial charge in [0.2, 0.25) is 5.91 Å². The number of nitrogens with one attached hydrogen (secondary N) is 1. The van der Waals surface area contributed by atoms with Crippen molar-refractivity contribution < 1.29 is 19.4 Å². The predicted octanol–water partition coefficient (Wildman–Crippen LogP) is 2.98. The molecule has 21 heavy (non-hydrogen) atoms. The van der Waals surface area contributed by atoms with Crippen molar-refractivity contribution in [3.05, 3.63) is 29.3 Å². The molecule has 1 atom stereocenters. The maximum Gasteiger partial charge on any atom is 0.337 e. The molecular formula is C16H21NO4. The normalized spacial score (nSPS) is 18.2. The van der Waals surface area contributed by atoms with Crippen LogP contribution in [0, 0.1) is 6.92 Å². The van der Waals surface area contributed by atoms with E-state index in [-0.39, 0.29) is 17.6 Å². The number of carboxylic acid groups (broad SMARTS) is 1. The Labute approximate surface area is 124 Å². The van der Waals surface area contributed by atoms with Crippen LogP contribution in [0.3, 0.4) is 0 Å². The van der Waals surface area contributed by atoms with Gasteiger partial charge in [0.1, 0.15) is 0 Å². The summed E-state index contributed by atoms with van der Waals surface area (Å²) in [5.41, 5.74) is 1.26. The highest BCUT2D eigenvalue weighted by Crippen LogP contribution is 2.22. The number of amides is 1. The molecule has 1 aromatic carbocycles. The number of aromatic carboxylic acids is 1. The maximum atomic E-state index is 12.0. The Balaban J connectivity index is 1.94. The van der Waals surface area contributed by atoms with E-state index in [4.69, 9.17) is 9.84 Å². The Morgan fingerprint density at radius 3 is 2.86 bits per heavy atom. The van der Waals surface area contributed by atoms with E-state index in [0.29, 0.717) is 18.5 Å². The molecule has 0 saturated carbocycles. The van der Waals surface area contributed by atoms with Crippen molar-refractivity contribution in [1.82, 2.24) is 0 Å². The lowest BCUT2D eigenvalue weighted by molar-refractivity contribution is -0.117. The minimum absolute atomic E-state index is 0.122. The molecule has 5 nitrogen and oxygen atoms in total. The lowest BCUT2D eigenvalue weighted by Gasteiger charge is -2.22. The highest BCUT2D eigenvalue weighted by Gasteiger charge is 2.17. The van der Waals surface area contributed by atoms with Crippen molar-refractivity contribution in [2.75, 3.05) is 11.9 Å². The molecule has 0 aliphatic carbocycles. The Hall–Kier alpha value is -1.88. The molecule has 2 rings (SSSR count). The first-order valence-corrected chi connectivity index (χ1v) is 7.32. The molecule has 1 aliphatic rings. The fraction of sp³-hybridized carbons (Fsp3) is 0.500. The van der Waals surface area contributed by atoms with E-state index >= 15 is 0 Å². The minimum Gasteiger partial charge on any atom is -0.478 e. The number of anilines is 1. The van der Waals surface area contributed by atoms with Gasteiger partial charge in [0, 0.05) is 13.0 Å². The largest absolute Gasteiger partial charge is 0.478 e. The summed E-state index contributed by atoms with van der Waals surface area (Å²) < 4.78 is 5.59. The van der Waals surface area contributed by atoms with E-state index in [9.17, 15) is 9.59 Å². The van der Waals surface area contributed by atoms with E-state index in [1.807, 2.05) is 0 Å². The zero-order chi connectivity index (χ0) is 15.2. The predicted molar refractivity (Wildman–Crippen MR) is 79.6 cm³/mol. The number of benzene rings is 1. The van der Waals surface area contributed by atoms with Gasteiger partial charge >= 0.3 is 5.97 Å². The Bertz CT molecular complexity index is 521. The van der Waals surface area contributed by atoms with Crippen molar-refractivity contribution in [2.45, 2.75) is 45.1 Å². The van der Waals surface area contributed by atoms with Crippen LogP contribution in [-0.4, -0.2) is 29.7 Å². The Kier molecular flexibility index (Phi) is 5.33. The zero-order valence-corrected chi connectivity index (χ0v) is 12.2. The van der Waals surface area contributed by atoms with E-state index < -0.39 is 5.97 Å². The highest BCUT2D eigenvalue weighted by molar-refractivity contribution is 6.01. The van der Waals surface area contributed by atoms with Gasteiger partial charge in [-0.1, -0.05) is 12.1 Å². The minimum atomic E-state index is -1.04. The molecule has 1 saturated heterocycles. The second kappa shape index (κ2) is 7.22. The van der Waals surface area contributed by atoms with E-state index in [2.05, 4.69) is 5.32 Å². The van der Waals surface area contributed by atoms with Crippen LogP contribution in [0.25, 0.3) is 0 Å². The molecule has 0 aromatic heterocycles. The first kappa shape index (κ1) is 15.5. The fourth-order valence-corrected chi connectivity index (χ4v) is 2.54. The lowest BCUT2D eigenvalue weighted by atomic mass is 10.0. The molecule has 1 amide bonds. The number of ether oxygens (including phenoxy) is 1. The maximum absolute atomic E-state index is 12.0. The van der Waals surface area contributed by atoms with E-state index in [1.54, 1.807) is 19.1 Å². The number of para-hydroxylation sites is 1. The van der Waals surface area contributed by atoms with Crippen molar-refractivity contribution in [3.63, 3.8) is 0 Å². The average Bonchev–Trinajstić information content (AvgIpc) is 2.48. The third-order valence-electron chi connectivity index (χ3n) is 3.73. The lowest BCUT2D eigenvalue weighted by Crippen LogP contribution is -2.22. The third kappa shape index (κ3) is 4.29. The quantitative estimate of drug-likeness (QED) is 0.874. The second-order valence-electron chi connectivity index (χ2n) is 5.38. The summed E-state index contributed by atoms with van der Waals surface area (Å²) in [5.74, 6) is -1.20. The average molecular weight is 291 g/mol. The third-order valence-corrected chi connectivity index (χ3v) is 3.73.